The van der Waals surface area contributed by atoms with Gasteiger partial charge in [0.2, 0.25) is 5.91 Å². The molecule has 0 atom stereocenters. The van der Waals surface area contributed by atoms with Crippen LogP contribution in [0.4, 0.5) is 11.4 Å². The van der Waals surface area contributed by atoms with Crippen LogP contribution < -0.4 is 20.7 Å². The predicted octanol–water partition coefficient (Wildman–Crippen LogP) is 4.06. The van der Waals surface area contributed by atoms with Crippen molar-refractivity contribution >= 4 is 23.2 Å². The Balaban J connectivity index is 1.72. The van der Waals surface area contributed by atoms with E-state index in [1.165, 1.54) is 19.3 Å². The second-order valence-electron chi connectivity index (χ2n) is 6.49. The van der Waals surface area contributed by atoms with Gasteiger partial charge in [0.15, 0.2) is 0 Å². The molecule has 3 N–H and O–H groups in total. The molecule has 0 heterocycles. The van der Waals surface area contributed by atoms with E-state index < -0.39 is 0 Å². The van der Waals surface area contributed by atoms with Crippen molar-refractivity contribution in [3.63, 3.8) is 0 Å². The average Bonchev–Trinajstić information content (AvgIpc) is 2.73. The molecule has 0 saturated heterocycles. The highest BCUT2D eigenvalue weighted by atomic mass is 16.5. The van der Waals surface area contributed by atoms with Crippen LogP contribution in [-0.4, -0.2) is 32.0 Å². The molecule has 0 aliphatic heterocycles. The Morgan fingerprint density at radius 3 is 2.21 bits per heavy atom. The van der Waals surface area contributed by atoms with Gasteiger partial charge in [0, 0.05) is 24.0 Å². The van der Waals surface area contributed by atoms with Crippen molar-refractivity contribution in [1.82, 2.24) is 5.32 Å². The standard InChI is InChI=1S/C22H29N3O3/c1-3-4-5-6-15-28-20-13-11-18(12-14-20)24-16-21(26)25-19-9-7-17(8-10-19)22(27)23-2/h7-14,24H,3-6,15-16H2,1-2H3,(H,23,27)(H,25,26). The summed E-state index contributed by atoms with van der Waals surface area (Å²) in [7, 11) is 1.58. The van der Waals surface area contributed by atoms with Gasteiger partial charge in [0.1, 0.15) is 5.75 Å². The van der Waals surface area contributed by atoms with Crippen LogP contribution in [0.5, 0.6) is 5.75 Å². The monoisotopic (exact) mass is 383 g/mol. The van der Waals surface area contributed by atoms with Gasteiger partial charge in [0.05, 0.1) is 13.2 Å². The zero-order valence-electron chi connectivity index (χ0n) is 16.6. The zero-order valence-corrected chi connectivity index (χ0v) is 16.6. The summed E-state index contributed by atoms with van der Waals surface area (Å²) in [5, 5.41) is 8.44. The first kappa shape index (κ1) is 21.3. The molecular weight excluding hydrogens is 354 g/mol. The molecule has 0 spiro atoms. The third kappa shape index (κ3) is 7.31. The lowest BCUT2D eigenvalue weighted by Gasteiger charge is -2.10. The minimum Gasteiger partial charge on any atom is -0.494 e. The first-order chi connectivity index (χ1) is 13.6. The highest BCUT2D eigenvalue weighted by Gasteiger charge is 2.05. The van der Waals surface area contributed by atoms with E-state index in [-0.39, 0.29) is 18.4 Å². The lowest BCUT2D eigenvalue weighted by molar-refractivity contribution is -0.114. The lowest BCUT2D eigenvalue weighted by Crippen LogP contribution is -2.22. The van der Waals surface area contributed by atoms with Crippen molar-refractivity contribution in [3.8, 4) is 5.75 Å². The molecule has 2 amide bonds. The van der Waals surface area contributed by atoms with Crippen LogP contribution in [0.25, 0.3) is 0 Å². The van der Waals surface area contributed by atoms with Gasteiger partial charge in [0.25, 0.3) is 5.91 Å². The number of benzene rings is 2. The topological polar surface area (TPSA) is 79.5 Å². The van der Waals surface area contributed by atoms with Gasteiger partial charge in [-0.15, -0.1) is 0 Å². The van der Waals surface area contributed by atoms with Crippen LogP contribution in [-0.2, 0) is 4.79 Å². The molecule has 0 unspecified atom stereocenters. The van der Waals surface area contributed by atoms with Crippen LogP contribution in [0.3, 0.4) is 0 Å². The summed E-state index contributed by atoms with van der Waals surface area (Å²) >= 11 is 0. The fraction of sp³-hybridized carbons (Fsp3) is 0.364. The molecule has 0 saturated carbocycles. The molecule has 0 aromatic heterocycles. The van der Waals surface area contributed by atoms with E-state index in [4.69, 9.17) is 4.74 Å². The van der Waals surface area contributed by atoms with Gasteiger partial charge in [-0.05, 0) is 55.0 Å². The van der Waals surface area contributed by atoms with E-state index in [9.17, 15) is 9.59 Å². The molecule has 0 aliphatic rings. The second kappa shape index (κ2) is 11.6. The van der Waals surface area contributed by atoms with Crippen molar-refractivity contribution in [1.29, 1.82) is 0 Å². The molecule has 0 aliphatic carbocycles. The number of amides is 2. The minimum absolute atomic E-state index is 0.147. The summed E-state index contributed by atoms with van der Waals surface area (Å²) in [6.45, 7) is 3.07. The van der Waals surface area contributed by atoms with Crippen LogP contribution in [0.1, 0.15) is 43.0 Å². The van der Waals surface area contributed by atoms with Crippen LogP contribution in [0, 0.1) is 0 Å². The highest BCUT2D eigenvalue weighted by molar-refractivity contribution is 5.96. The number of hydrogen-bond donors (Lipinski definition) is 3. The quantitative estimate of drug-likeness (QED) is 0.511. The molecule has 28 heavy (non-hydrogen) atoms. The van der Waals surface area contributed by atoms with E-state index in [0.717, 1.165) is 24.5 Å². The minimum atomic E-state index is -0.163. The van der Waals surface area contributed by atoms with Crippen LogP contribution >= 0.6 is 0 Å². The molecule has 2 aromatic carbocycles. The Hall–Kier alpha value is -3.02. The molecule has 150 valence electrons. The summed E-state index contributed by atoms with van der Waals surface area (Å²) in [5.41, 5.74) is 2.04. The molecule has 0 bridgehead atoms. The molecule has 0 radical (unpaired) electrons. The van der Waals surface area contributed by atoms with Crippen molar-refractivity contribution in [2.24, 2.45) is 0 Å². The third-order valence-electron chi connectivity index (χ3n) is 4.23. The van der Waals surface area contributed by atoms with Gasteiger partial charge in [-0.3, -0.25) is 9.59 Å². The van der Waals surface area contributed by atoms with Crippen LogP contribution in [0.15, 0.2) is 48.5 Å². The Bertz CT molecular complexity index is 743. The Kier molecular flexibility index (Phi) is 8.85. The molecule has 2 aromatic rings. The molecule has 6 heteroatoms. The number of nitrogens with one attached hydrogen (secondary N) is 3. The Labute approximate surface area is 166 Å². The Morgan fingerprint density at radius 1 is 0.893 bits per heavy atom. The normalized spacial score (nSPS) is 10.2. The van der Waals surface area contributed by atoms with Gasteiger partial charge >= 0.3 is 0 Å². The van der Waals surface area contributed by atoms with E-state index in [2.05, 4.69) is 22.9 Å². The van der Waals surface area contributed by atoms with Crippen molar-refractivity contribution < 1.29 is 14.3 Å². The van der Waals surface area contributed by atoms with Gasteiger partial charge in [-0.1, -0.05) is 26.2 Å². The van der Waals surface area contributed by atoms with Crippen molar-refractivity contribution in [3.05, 3.63) is 54.1 Å². The summed E-state index contributed by atoms with van der Waals surface area (Å²) in [6, 6.07) is 14.3. The largest absolute Gasteiger partial charge is 0.494 e. The predicted molar refractivity (Wildman–Crippen MR) is 113 cm³/mol. The summed E-state index contributed by atoms with van der Waals surface area (Å²) in [4.78, 5) is 23.6. The number of hydrogen-bond acceptors (Lipinski definition) is 4. The van der Waals surface area contributed by atoms with Crippen LogP contribution in [0.2, 0.25) is 0 Å². The first-order valence-electron chi connectivity index (χ1n) is 9.71. The van der Waals surface area contributed by atoms with E-state index in [0.29, 0.717) is 11.3 Å². The molecule has 0 fully saturated rings. The summed E-state index contributed by atoms with van der Waals surface area (Å²) in [6.07, 6.45) is 4.72. The number of ether oxygens (including phenoxy) is 1. The Morgan fingerprint density at radius 2 is 1.57 bits per heavy atom. The van der Waals surface area contributed by atoms with Crippen molar-refractivity contribution in [2.75, 3.05) is 30.8 Å². The molecule has 6 nitrogen and oxygen atoms in total. The van der Waals surface area contributed by atoms with Crippen molar-refractivity contribution in [2.45, 2.75) is 32.6 Å². The summed E-state index contributed by atoms with van der Waals surface area (Å²) in [5.74, 6) is 0.513. The fourth-order valence-electron chi connectivity index (χ4n) is 2.62. The number of carbonyl (C=O) groups is 2. The zero-order chi connectivity index (χ0) is 20.2. The fourth-order valence-corrected chi connectivity index (χ4v) is 2.62. The van der Waals surface area contributed by atoms with E-state index in [1.54, 1.807) is 31.3 Å². The summed E-state index contributed by atoms with van der Waals surface area (Å²) < 4.78 is 5.71. The van der Waals surface area contributed by atoms with Gasteiger partial charge in [-0.25, -0.2) is 0 Å². The van der Waals surface area contributed by atoms with E-state index >= 15 is 0 Å². The maximum atomic E-state index is 12.1. The second-order valence-corrected chi connectivity index (χ2v) is 6.49. The maximum absolute atomic E-state index is 12.1. The first-order valence-corrected chi connectivity index (χ1v) is 9.71. The highest BCUT2D eigenvalue weighted by Crippen LogP contribution is 2.16. The molecular formula is C22H29N3O3. The van der Waals surface area contributed by atoms with E-state index in [1.807, 2.05) is 24.3 Å². The smallest absolute Gasteiger partial charge is 0.251 e. The average molecular weight is 383 g/mol. The van der Waals surface area contributed by atoms with Gasteiger partial charge < -0.3 is 20.7 Å². The third-order valence-corrected chi connectivity index (χ3v) is 4.23. The maximum Gasteiger partial charge on any atom is 0.251 e. The number of rotatable bonds is 11. The number of anilines is 2. The SMILES string of the molecule is CCCCCCOc1ccc(NCC(=O)Nc2ccc(C(=O)NC)cc2)cc1. The number of carbonyl (C=O) groups excluding carboxylic acids is 2. The lowest BCUT2D eigenvalue weighted by atomic mass is 10.2. The van der Waals surface area contributed by atoms with Gasteiger partial charge in [-0.2, -0.15) is 0 Å². The molecule has 2 rings (SSSR count). The number of unbranched alkanes of at least 4 members (excludes halogenated alkanes) is 3.